The van der Waals surface area contributed by atoms with Gasteiger partial charge < -0.3 is 4.74 Å². The van der Waals surface area contributed by atoms with Crippen LogP contribution in [0.4, 0.5) is 4.39 Å². The highest BCUT2D eigenvalue weighted by atomic mass is 32.2. The predicted octanol–water partition coefficient (Wildman–Crippen LogP) is 6.41. The molecule has 0 saturated heterocycles. The molecule has 0 spiro atoms. The van der Waals surface area contributed by atoms with Gasteiger partial charge in [-0.1, -0.05) is 71.6 Å². The first-order chi connectivity index (χ1) is 16.6. The fourth-order valence-corrected chi connectivity index (χ4v) is 5.90. The molecule has 0 amide bonds. The number of halogens is 1. The highest BCUT2D eigenvalue weighted by molar-refractivity contribution is 7.98. The number of nitrogens with zero attached hydrogens (tertiary/aromatic N) is 3. The number of aromatic nitrogens is 3. The van der Waals surface area contributed by atoms with Crippen LogP contribution in [0.1, 0.15) is 5.56 Å². The molecular formula is C25H18FN3O2S3. The van der Waals surface area contributed by atoms with Crippen LogP contribution in [0, 0.1) is 9.77 Å². The fourth-order valence-electron chi connectivity index (χ4n) is 3.62. The van der Waals surface area contributed by atoms with E-state index in [1.54, 1.807) is 34.4 Å². The van der Waals surface area contributed by atoms with Crippen molar-refractivity contribution in [2.24, 2.45) is 0 Å². The number of methoxy groups -OCH3 is 1. The Kier molecular flexibility index (Phi) is 6.32. The summed E-state index contributed by atoms with van der Waals surface area (Å²) < 4.78 is 24.1. The minimum Gasteiger partial charge on any atom is -0.495 e. The first kappa shape index (κ1) is 22.5. The van der Waals surface area contributed by atoms with Crippen LogP contribution in [0.3, 0.4) is 0 Å². The van der Waals surface area contributed by atoms with E-state index in [9.17, 15) is 9.18 Å². The van der Waals surface area contributed by atoms with Crippen molar-refractivity contribution in [2.75, 3.05) is 7.11 Å². The van der Waals surface area contributed by atoms with Gasteiger partial charge in [-0.25, -0.2) is 9.37 Å². The second-order valence-corrected chi connectivity index (χ2v) is 9.87. The molecule has 0 saturated carbocycles. The van der Waals surface area contributed by atoms with E-state index in [2.05, 4.69) is 0 Å². The molecule has 2 heterocycles. The maximum Gasteiger partial charge on any atom is 0.278 e. The Balaban J connectivity index is 1.75. The smallest absolute Gasteiger partial charge is 0.278 e. The first-order valence-electron chi connectivity index (χ1n) is 10.3. The highest BCUT2D eigenvalue weighted by Crippen LogP contribution is 2.32. The molecular weight excluding hydrogens is 489 g/mol. The number of thiazole rings is 1. The summed E-state index contributed by atoms with van der Waals surface area (Å²) in [5, 5.41) is 0.448. The lowest BCUT2D eigenvalue weighted by molar-refractivity contribution is 0.413. The van der Waals surface area contributed by atoms with Gasteiger partial charge in [-0.15, -0.1) is 0 Å². The SMILES string of the molecule is COc1ccccc1-n1c(=S)sc2c(=O)n(-c3ccccc3)c(SCc3ccccc3F)nc21. The first-order valence-corrected chi connectivity index (χ1v) is 12.5. The standard InChI is InChI=1S/C25H18FN3O2S3/c1-31-20-14-8-7-13-19(20)29-22-21(34-25(29)32)23(30)28(17-10-3-2-4-11-17)24(27-22)33-15-16-9-5-6-12-18(16)26/h2-14H,15H2,1H3. The zero-order chi connectivity index (χ0) is 23.7. The molecule has 0 unspecified atom stereocenters. The average molecular weight is 508 g/mol. The fraction of sp³-hybridized carbons (Fsp3) is 0.0800. The molecule has 0 atom stereocenters. The Morgan fingerprint density at radius 1 is 1.00 bits per heavy atom. The van der Waals surface area contributed by atoms with Gasteiger partial charge in [-0.2, -0.15) is 0 Å². The molecule has 170 valence electrons. The molecule has 2 aromatic heterocycles. The minimum absolute atomic E-state index is 0.225. The number of benzene rings is 3. The number of fused-ring (bicyclic) bond motifs is 1. The normalized spacial score (nSPS) is 11.1. The van der Waals surface area contributed by atoms with E-state index in [4.69, 9.17) is 21.9 Å². The molecule has 34 heavy (non-hydrogen) atoms. The molecule has 0 aliphatic rings. The number of ether oxygens (including phenoxy) is 1. The van der Waals surface area contributed by atoms with Crippen LogP contribution in [0.2, 0.25) is 0 Å². The topological polar surface area (TPSA) is 49.0 Å². The molecule has 5 rings (SSSR count). The van der Waals surface area contributed by atoms with Gasteiger partial charge in [-0.3, -0.25) is 13.9 Å². The van der Waals surface area contributed by atoms with Gasteiger partial charge in [0.05, 0.1) is 18.5 Å². The maximum atomic E-state index is 14.3. The van der Waals surface area contributed by atoms with Crippen LogP contribution < -0.4 is 10.3 Å². The Hall–Kier alpha value is -3.27. The molecule has 5 aromatic rings. The van der Waals surface area contributed by atoms with Crippen molar-refractivity contribution < 1.29 is 9.13 Å². The van der Waals surface area contributed by atoms with Crippen LogP contribution in [0.15, 0.2) is 88.8 Å². The second kappa shape index (κ2) is 9.54. The lowest BCUT2D eigenvalue weighted by Gasteiger charge is -2.14. The number of para-hydroxylation sites is 3. The van der Waals surface area contributed by atoms with Gasteiger partial charge in [0.15, 0.2) is 14.8 Å². The number of hydrogen-bond donors (Lipinski definition) is 0. The highest BCUT2D eigenvalue weighted by Gasteiger charge is 2.20. The predicted molar refractivity (Wildman–Crippen MR) is 138 cm³/mol. The quantitative estimate of drug-likeness (QED) is 0.151. The minimum atomic E-state index is -0.294. The molecule has 0 radical (unpaired) electrons. The van der Waals surface area contributed by atoms with Gasteiger partial charge in [0.2, 0.25) is 0 Å². The van der Waals surface area contributed by atoms with E-state index in [-0.39, 0.29) is 11.4 Å². The van der Waals surface area contributed by atoms with E-state index in [0.717, 1.165) is 0 Å². The lowest BCUT2D eigenvalue weighted by Crippen LogP contribution is -2.21. The van der Waals surface area contributed by atoms with Gasteiger partial charge >= 0.3 is 0 Å². The Morgan fingerprint density at radius 2 is 1.71 bits per heavy atom. The van der Waals surface area contributed by atoms with Crippen LogP contribution in [0.5, 0.6) is 5.75 Å². The monoisotopic (exact) mass is 507 g/mol. The Labute approximate surface area is 208 Å². The van der Waals surface area contributed by atoms with Gasteiger partial charge in [0, 0.05) is 5.75 Å². The molecule has 0 bridgehead atoms. The molecule has 0 aliphatic carbocycles. The summed E-state index contributed by atoms with van der Waals surface area (Å²) in [7, 11) is 1.59. The largest absolute Gasteiger partial charge is 0.495 e. The zero-order valence-electron chi connectivity index (χ0n) is 18.0. The average Bonchev–Trinajstić information content (AvgIpc) is 3.20. The van der Waals surface area contributed by atoms with Crippen molar-refractivity contribution >= 4 is 45.7 Å². The van der Waals surface area contributed by atoms with E-state index < -0.39 is 0 Å². The van der Waals surface area contributed by atoms with Crippen LogP contribution in [0.25, 0.3) is 21.7 Å². The van der Waals surface area contributed by atoms with Crippen LogP contribution in [-0.4, -0.2) is 21.2 Å². The van der Waals surface area contributed by atoms with E-state index >= 15 is 0 Å². The van der Waals surface area contributed by atoms with Crippen LogP contribution >= 0.6 is 35.3 Å². The molecule has 3 aromatic carbocycles. The summed E-state index contributed by atoms with van der Waals surface area (Å²) in [6.45, 7) is 0. The van der Waals surface area contributed by atoms with Crippen molar-refractivity contribution in [1.29, 1.82) is 0 Å². The molecule has 9 heteroatoms. The summed E-state index contributed by atoms with van der Waals surface area (Å²) >= 11 is 8.16. The van der Waals surface area contributed by atoms with Crippen molar-refractivity contribution in [3.63, 3.8) is 0 Å². The summed E-state index contributed by atoms with van der Waals surface area (Å²) in [5.41, 5.74) is 2.15. The summed E-state index contributed by atoms with van der Waals surface area (Å²) in [6.07, 6.45) is 0. The Morgan fingerprint density at radius 3 is 2.47 bits per heavy atom. The second-order valence-electron chi connectivity index (χ2n) is 7.28. The van der Waals surface area contributed by atoms with Gasteiger partial charge in [0.1, 0.15) is 16.3 Å². The molecule has 0 aliphatic heterocycles. The molecule has 0 N–H and O–H groups in total. The van der Waals surface area contributed by atoms with E-state index in [1.165, 1.54) is 29.2 Å². The van der Waals surface area contributed by atoms with Gasteiger partial charge in [-0.05, 0) is 48.1 Å². The Bertz CT molecular complexity index is 1610. The summed E-state index contributed by atoms with van der Waals surface area (Å²) in [5.74, 6) is 0.641. The third-order valence-electron chi connectivity index (χ3n) is 5.23. The number of rotatable bonds is 6. The van der Waals surface area contributed by atoms with Crippen molar-refractivity contribution in [3.05, 3.63) is 105 Å². The van der Waals surface area contributed by atoms with Gasteiger partial charge in [0.25, 0.3) is 5.56 Å². The maximum absolute atomic E-state index is 14.3. The van der Waals surface area contributed by atoms with Crippen molar-refractivity contribution in [3.8, 4) is 17.1 Å². The molecule has 0 fully saturated rings. The summed E-state index contributed by atoms with van der Waals surface area (Å²) in [6, 6.07) is 23.3. The lowest BCUT2D eigenvalue weighted by atomic mass is 10.2. The molecule has 5 nitrogen and oxygen atoms in total. The van der Waals surface area contributed by atoms with E-state index in [1.807, 2.05) is 54.6 Å². The van der Waals surface area contributed by atoms with E-state index in [0.29, 0.717) is 47.9 Å². The van der Waals surface area contributed by atoms with Crippen molar-refractivity contribution in [1.82, 2.24) is 14.1 Å². The third-order valence-corrected chi connectivity index (χ3v) is 7.57. The summed E-state index contributed by atoms with van der Waals surface area (Å²) in [4.78, 5) is 18.6. The number of thioether (sulfide) groups is 1. The van der Waals surface area contributed by atoms with Crippen molar-refractivity contribution in [2.45, 2.75) is 10.9 Å². The third kappa shape index (κ3) is 4.06. The zero-order valence-corrected chi connectivity index (χ0v) is 20.4. The number of hydrogen-bond acceptors (Lipinski definition) is 6. The van der Waals surface area contributed by atoms with Crippen LogP contribution in [-0.2, 0) is 5.75 Å².